The number of likely N-dealkylation sites (N-methyl/N-ethyl adjacent to an activating group) is 1. The van der Waals surface area contributed by atoms with Crippen molar-refractivity contribution < 1.29 is 23.0 Å². The van der Waals surface area contributed by atoms with E-state index in [1.807, 2.05) is 0 Å². The van der Waals surface area contributed by atoms with E-state index in [-0.39, 0.29) is 18.3 Å². The molecule has 0 amide bonds. The van der Waals surface area contributed by atoms with Crippen LogP contribution in [-0.4, -0.2) is 48.2 Å². The maximum Gasteiger partial charge on any atom is 0.445 e. The van der Waals surface area contributed by atoms with E-state index in [0.29, 0.717) is 31.0 Å². The lowest BCUT2D eigenvalue weighted by Gasteiger charge is -2.18. The number of hydrogen-bond donors (Lipinski definition) is 1. The van der Waals surface area contributed by atoms with E-state index in [9.17, 15) is 13.2 Å². The van der Waals surface area contributed by atoms with Gasteiger partial charge in [-0.05, 0) is 6.92 Å². The van der Waals surface area contributed by atoms with E-state index >= 15 is 0 Å². The summed E-state index contributed by atoms with van der Waals surface area (Å²) < 4.78 is 42.1. The van der Waals surface area contributed by atoms with E-state index in [2.05, 4.69) is 10.2 Å². The van der Waals surface area contributed by atoms with Crippen molar-refractivity contribution >= 4 is 16.5 Å². The van der Waals surface area contributed by atoms with Gasteiger partial charge >= 0.3 is 6.18 Å². The highest BCUT2D eigenvalue weighted by atomic mass is 32.1. The van der Waals surface area contributed by atoms with Gasteiger partial charge in [0.1, 0.15) is 0 Å². The second-order valence-corrected chi connectivity index (χ2v) is 4.26. The van der Waals surface area contributed by atoms with Crippen LogP contribution in [0.1, 0.15) is 11.9 Å². The first-order chi connectivity index (χ1) is 8.49. The second-order valence-electron chi connectivity index (χ2n) is 3.30. The smallest absolute Gasteiger partial charge is 0.394 e. The molecular weight excluding hydrogens is 271 g/mol. The molecule has 1 aromatic rings. The number of nitrogens with zero attached hydrogens (tertiary/aromatic N) is 3. The first kappa shape index (κ1) is 15.1. The predicted octanol–water partition coefficient (Wildman–Crippen LogP) is 1.39. The van der Waals surface area contributed by atoms with Crippen molar-refractivity contribution in [2.24, 2.45) is 0 Å². The van der Waals surface area contributed by atoms with Crippen molar-refractivity contribution in [1.29, 1.82) is 0 Å². The number of halogens is 3. The Kier molecular flexibility index (Phi) is 5.76. The van der Waals surface area contributed by atoms with Crippen LogP contribution in [-0.2, 0) is 10.9 Å². The summed E-state index contributed by atoms with van der Waals surface area (Å²) in [4.78, 5) is 1.64. The fourth-order valence-electron chi connectivity index (χ4n) is 1.19. The molecule has 18 heavy (non-hydrogen) atoms. The van der Waals surface area contributed by atoms with E-state index in [4.69, 9.17) is 9.84 Å². The summed E-state index contributed by atoms with van der Waals surface area (Å²) >= 11 is 0.510. The predicted molar refractivity (Wildman–Crippen MR) is 60.7 cm³/mol. The van der Waals surface area contributed by atoms with Crippen LogP contribution in [0, 0.1) is 0 Å². The van der Waals surface area contributed by atoms with E-state index in [0.717, 1.165) is 0 Å². The van der Waals surface area contributed by atoms with Crippen LogP contribution in [0.2, 0.25) is 0 Å². The Morgan fingerprint density at radius 3 is 2.56 bits per heavy atom. The number of aromatic nitrogens is 2. The maximum atomic E-state index is 12.4. The molecule has 1 rings (SSSR count). The first-order valence-electron chi connectivity index (χ1n) is 5.33. The van der Waals surface area contributed by atoms with Crippen LogP contribution in [0.25, 0.3) is 0 Å². The second kappa shape index (κ2) is 6.86. The summed E-state index contributed by atoms with van der Waals surface area (Å²) in [5.74, 6) is 0. The summed E-state index contributed by atoms with van der Waals surface area (Å²) in [6.07, 6.45) is -4.46. The van der Waals surface area contributed by atoms with Gasteiger partial charge < -0.3 is 14.7 Å². The number of aliphatic hydroxyl groups is 1. The molecule has 0 bridgehead atoms. The molecule has 0 fully saturated rings. The number of rotatable bonds is 7. The molecule has 1 N–H and O–H groups in total. The lowest BCUT2D eigenvalue weighted by Crippen LogP contribution is -2.27. The third kappa shape index (κ3) is 4.39. The van der Waals surface area contributed by atoms with Crippen LogP contribution in [0.4, 0.5) is 18.3 Å². The van der Waals surface area contributed by atoms with E-state index in [1.165, 1.54) is 0 Å². The third-order valence-corrected chi connectivity index (χ3v) is 3.08. The van der Waals surface area contributed by atoms with E-state index in [1.54, 1.807) is 11.8 Å². The highest BCUT2D eigenvalue weighted by Gasteiger charge is 2.36. The maximum absolute atomic E-state index is 12.4. The molecule has 0 unspecified atom stereocenters. The molecule has 0 radical (unpaired) electrons. The standard InChI is InChI=1S/C9H14F3N3O2S/c1-2-15(3-5-17-6-4-16)8-14-13-7(18-8)9(10,11)12/h16H,2-6H2,1H3. The minimum atomic E-state index is -4.46. The Morgan fingerprint density at radius 2 is 2.06 bits per heavy atom. The van der Waals surface area contributed by atoms with Crippen molar-refractivity contribution in [2.75, 3.05) is 37.8 Å². The van der Waals surface area contributed by atoms with Gasteiger partial charge in [-0.2, -0.15) is 13.2 Å². The van der Waals surface area contributed by atoms with Crippen molar-refractivity contribution in [2.45, 2.75) is 13.1 Å². The fourth-order valence-corrected chi connectivity index (χ4v) is 1.99. The zero-order chi connectivity index (χ0) is 13.6. The van der Waals surface area contributed by atoms with Gasteiger partial charge in [-0.3, -0.25) is 0 Å². The zero-order valence-electron chi connectivity index (χ0n) is 9.77. The topological polar surface area (TPSA) is 58.5 Å². The zero-order valence-corrected chi connectivity index (χ0v) is 10.6. The normalized spacial score (nSPS) is 11.8. The Bertz CT molecular complexity index is 359. The number of alkyl halides is 3. The Labute approximate surface area is 106 Å². The van der Waals surface area contributed by atoms with Crippen LogP contribution in [0.5, 0.6) is 0 Å². The number of hydrogen-bond acceptors (Lipinski definition) is 6. The van der Waals surface area contributed by atoms with Gasteiger partial charge in [0, 0.05) is 13.1 Å². The number of aliphatic hydroxyl groups excluding tert-OH is 1. The summed E-state index contributed by atoms with van der Waals surface area (Å²) in [6, 6.07) is 0. The van der Waals surface area contributed by atoms with Gasteiger partial charge in [0.2, 0.25) is 10.1 Å². The minimum Gasteiger partial charge on any atom is -0.394 e. The molecule has 1 heterocycles. The van der Waals surface area contributed by atoms with Gasteiger partial charge in [0.15, 0.2) is 0 Å². The minimum absolute atomic E-state index is 0.0802. The fraction of sp³-hybridized carbons (Fsp3) is 0.778. The van der Waals surface area contributed by atoms with Crippen LogP contribution in [0.15, 0.2) is 0 Å². The molecule has 0 atom stereocenters. The highest BCUT2D eigenvalue weighted by molar-refractivity contribution is 7.15. The van der Waals surface area contributed by atoms with Gasteiger partial charge in [0.25, 0.3) is 0 Å². The Balaban J connectivity index is 2.57. The molecule has 5 nitrogen and oxygen atoms in total. The number of anilines is 1. The van der Waals surface area contributed by atoms with Crippen molar-refractivity contribution in [3.05, 3.63) is 5.01 Å². The van der Waals surface area contributed by atoms with Gasteiger partial charge in [-0.25, -0.2) is 0 Å². The molecule has 1 aromatic heterocycles. The average molecular weight is 285 g/mol. The molecule has 0 aliphatic rings. The van der Waals surface area contributed by atoms with Crippen LogP contribution < -0.4 is 4.90 Å². The third-order valence-electron chi connectivity index (χ3n) is 2.05. The summed E-state index contributed by atoms with van der Waals surface area (Å²) in [5, 5.41) is 14.4. The quantitative estimate of drug-likeness (QED) is 0.767. The van der Waals surface area contributed by atoms with Gasteiger partial charge in [0.05, 0.1) is 19.8 Å². The Hall–Kier alpha value is -0.930. The van der Waals surface area contributed by atoms with Gasteiger partial charge in [-0.1, -0.05) is 11.3 Å². The van der Waals surface area contributed by atoms with Crippen molar-refractivity contribution in [3.63, 3.8) is 0 Å². The SMILES string of the molecule is CCN(CCOCCO)c1nnc(C(F)(F)F)s1. The average Bonchev–Trinajstić information content (AvgIpc) is 2.78. The molecular formula is C9H14F3N3O2S. The molecule has 104 valence electrons. The molecule has 0 spiro atoms. The molecule has 0 saturated carbocycles. The number of ether oxygens (including phenoxy) is 1. The molecule has 0 aliphatic heterocycles. The summed E-state index contributed by atoms with van der Waals surface area (Å²) in [6.45, 7) is 3.17. The summed E-state index contributed by atoms with van der Waals surface area (Å²) in [7, 11) is 0. The molecule has 0 aliphatic carbocycles. The lowest BCUT2D eigenvalue weighted by atomic mass is 10.5. The molecule has 9 heteroatoms. The van der Waals surface area contributed by atoms with Crippen LogP contribution >= 0.6 is 11.3 Å². The summed E-state index contributed by atoms with van der Waals surface area (Å²) in [5.41, 5.74) is 0. The largest absolute Gasteiger partial charge is 0.445 e. The van der Waals surface area contributed by atoms with Crippen molar-refractivity contribution in [1.82, 2.24) is 10.2 Å². The molecule has 0 aromatic carbocycles. The van der Waals surface area contributed by atoms with E-state index < -0.39 is 11.2 Å². The monoisotopic (exact) mass is 285 g/mol. The Morgan fingerprint density at radius 1 is 1.33 bits per heavy atom. The van der Waals surface area contributed by atoms with Crippen LogP contribution in [0.3, 0.4) is 0 Å². The first-order valence-corrected chi connectivity index (χ1v) is 6.15. The van der Waals surface area contributed by atoms with Crippen molar-refractivity contribution in [3.8, 4) is 0 Å². The lowest BCUT2D eigenvalue weighted by molar-refractivity contribution is -0.138. The van der Waals surface area contributed by atoms with Gasteiger partial charge in [-0.15, -0.1) is 10.2 Å². The highest BCUT2D eigenvalue weighted by Crippen LogP contribution is 2.34. The molecule has 0 saturated heterocycles.